The quantitative estimate of drug-likeness (QED) is 0.246. The van der Waals surface area contributed by atoms with Gasteiger partial charge in [-0.2, -0.15) is 0 Å². The fourth-order valence-corrected chi connectivity index (χ4v) is 4.31. The van der Waals surface area contributed by atoms with Gasteiger partial charge in [-0.25, -0.2) is 0 Å². The van der Waals surface area contributed by atoms with Crippen molar-refractivity contribution in [1.29, 1.82) is 0 Å². The predicted molar refractivity (Wildman–Crippen MR) is 135 cm³/mol. The molecule has 1 N–H and O–H groups in total. The summed E-state index contributed by atoms with van der Waals surface area (Å²) in [6.45, 7) is 0.0324. The molecule has 0 saturated carbocycles. The van der Waals surface area contributed by atoms with E-state index in [0.717, 1.165) is 16.7 Å². The van der Waals surface area contributed by atoms with Crippen molar-refractivity contribution in [2.45, 2.75) is 11.6 Å². The number of para-hydroxylation sites is 1. The van der Waals surface area contributed by atoms with Crippen molar-refractivity contribution in [3.05, 3.63) is 137 Å². The number of rotatable bonds is 9. The Kier molecular flexibility index (Phi) is 7.63. The van der Waals surface area contributed by atoms with Crippen molar-refractivity contribution in [3.8, 4) is 5.75 Å². The third-order valence-corrected chi connectivity index (χ3v) is 6.05. The van der Waals surface area contributed by atoms with Gasteiger partial charge >= 0.3 is 5.97 Å². The molecule has 4 aromatic carbocycles. The second-order valence-corrected chi connectivity index (χ2v) is 8.22. The van der Waals surface area contributed by atoms with Crippen LogP contribution in [-0.4, -0.2) is 25.7 Å². The number of halogens is 1. The number of esters is 1. The summed E-state index contributed by atoms with van der Waals surface area (Å²) in [5, 5.41) is 4.09. The van der Waals surface area contributed by atoms with Gasteiger partial charge < -0.3 is 9.47 Å². The molecule has 0 unspecified atom stereocenters. The van der Waals surface area contributed by atoms with E-state index in [1.54, 1.807) is 12.1 Å². The summed E-state index contributed by atoms with van der Waals surface area (Å²) in [6, 6.07) is 36.6. The Bertz CT molecular complexity index is 1100. The molecule has 0 radical (unpaired) electrons. The largest absolute Gasteiger partial charge is 0.490 e. The molecule has 0 aliphatic heterocycles. The number of ether oxygens (including phenoxy) is 2. The topological polar surface area (TPSA) is 47.6 Å². The Morgan fingerprint density at radius 1 is 0.765 bits per heavy atom. The van der Waals surface area contributed by atoms with Crippen LogP contribution in [0, 0.1) is 0 Å². The van der Waals surface area contributed by atoms with Crippen LogP contribution in [0.15, 0.2) is 115 Å². The van der Waals surface area contributed by atoms with Crippen LogP contribution in [-0.2, 0) is 15.1 Å². The molecule has 4 aromatic rings. The van der Waals surface area contributed by atoms with Crippen molar-refractivity contribution < 1.29 is 14.3 Å². The molecule has 0 heterocycles. The Morgan fingerprint density at radius 3 is 1.65 bits per heavy atom. The Labute approximate surface area is 205 Å². The minimum Gasteiger partial charge on any atom is -0.490 e. The third-order valence-electron chi connectivity index (χ3n) is 5.74. The van der Waals surface area contributed by atoms with Crippen molar-refractivity contribution in [2.75, 3.05) is 13.7 Å². The van der Waals surface area contributed by atoms with Crippen LogP contribution in [0.5, 0.6) is 5.75 Å². The van der Waals surface area contributed by atoms with Gasteiger partial charge in [-0.15, -0.1) is 0 Å². The maximum atomic E-state index is 13.0. The summed E-state index contributed by atoms with van der Waals surface area (Å²) in [5.41, 5.74) is 2.11. The van der Waals surface area contributed by atoms with Gasteiger partial charge in [0.15, 0.2) is 0 Å². The van der Waals surface area contributed by atoms with Crippen molar-refractivity contribution in [2.24, 2.45) is 0 Å². The van der Waals surface area contributed by atoms with Crippen LogP contribution in [0.25, 0.3) is 0 Å². The number of methoxy groups -OCH3 is 1. The molecule has 0 amide bonds. The molecule has 5 heteroatoms. The van der Waals surface area contributed by atoms with E-state index in [-0.39, 0.29) is 6.61 Å². The number of nitrogens with one attached hydrogen (secondary N) is 1. The third kappa shape index (κ3) is 4.98. The Morgan fingerprint density at radius 2 is 1.21 bits per heavy atom. The second kappa shape index (κ2) is 11.0. The molecule has 0 aromatic heterocycles. The average molecular weight is 472 g/mol. The first-order valence-electron chi connectivity index (χ1n) is 11.0. The fourth-order valence-electron chi connectivity index (χ4n) is 4.12. The minimum atomic E-state index is -0.841. The summed E-state index contributed by atoms with van der Waals surface area (Å²) in [4.78, 5) is 13.0. The van der Waals surface area contributed by atoms with E-state index >= 15 is 0 Å². The summed E-state index contributed by atoms with van der Waals surface area (Å²) >= 11 is 6.28. The maximum Gasteiger partial charge on any atom is 0.326 e. The summed E-state index contributed by atoms with van der Waals surface area (Å²) in [7, 11) is 1.38. The Hall–Kier alpha value is -3.60. The van der Waals surface area contributed by atoms with Crippen molar-refractivity contribution in [3.63, 3.8) is 0 Å². The fraction of sp³-hybridized carbons (Fsp3) is 0.138. The van der Waals surface area contributed by atoms with Crippen molar-refractivity contribution >= 4 is 17.6 Å². The highest BCUT2D eigenvalue weighted by atomic mass is 35.5. The number of carbonyl (C=O) groups is 1. The number of hydrogen-bond acceptors (Lipinski definition) is 4. The summed E-state index contributed by atoms with van der Waals surface area (Å²) in [5.74, 6) is 0.0730. The van der Waals surface area contributed by atoms with E-state index in [1.165, 1.54) is 7.11 Å². The molecule has 34 heavy (non-hydrogen) atoms. The highest BCUT2D eigenvalue weighted by Gasteiger charge is 2.40. The van der Waals surface area contributed by atoms with E-state index in [2.05, 4.69) is 41.7 Å². The standard InChI is InChI=1S/C29H26ClNO3/c1-33-28(32)26(21-34-27-20-12-11-19-25(27)30)31-29(22-13-5-2-6-14-22,23-15-7-3-8-16-23)24-17-9-4-10-18-24/h2-20,26,31H,21H2,1H3/t26-/m0/s1. The lowest BCUT2D eigenvalue weighted by Gasteiger charge is -2.39. The van der Waals surface area contributed by atoms with Gasteiger partial charge in [-0.05, 0) is 28.8 Å². The first-order chi connectivity index (χ1) is 16.6. The molecule has 0 fully saturated rings. The van der Waals surface area contributed by atoms with E-state index in [9.17, 15) is 4.79 Å². The zero-order valence-electron chi connectivity index (χ0n) is 18.9. The van der Waals surface area contributed by atoms with Gasteiger partial charge in [0, 0.05) is 0 Å². The monoisotopic (exact) mass is 471 g/mol. The summed E-state index contributed by atoms with van der Waals surface area (Å²) < 4.78 is 11.2. The molecular formula is C29H26ClNO3. The highest BCUT2D eigenvalue weighted by molar-refractivity contribution is 6.32. The molecule has 0 aliphatic rings. The zero-order chi connectivity index (χ0) is 23.8. The van der Waals surface area contributed by atoms with E-state index in [4.69, 9.17) is 21.1 Å². The van der Waals surface area contributed by atoms with Crippen LogP contribution in [0.3, 0.4) is 0 Å². The molecule has 0 aliphatic carbocycles. The normalized spacial score (nSPS) is 12.1. The number of hydrogen-bond donors (Lipinski definition) is 1. The van der Waals surface area contributed by atoms with Gasteiger partial charge in [0.2, 0.25) is 0 Å². The SMILES string of the molecule is COC(=O)[C@H](COc1ccccc1Cl)NC(c1ccccc1)(c1ccccc1)c1ccccc1. The molecule has 0 spiro atoms. The molecule has 172 valence electrons. The van der Waals surface area contributed by atoms with Crippen LogP contribution >= 0.6 is 11.6 Å². The number of carbonyl (C=O) groups excluding carboxylic acids is 1. The first kappa shape index (κ1) is 23.6. The van der Waals surface area contributed by atoms with Gasteiger partial charge in [-0.1, -0.05) is 115 Å². The molecule has 0 saturated heterocycles. The minimum absolute atomic E-state index is 0.0324. The zero-order valence-corrected chi connectivity index (χ0v) is 19.6. The first-order valence-corrected chi connectivity index (χ1v) is 11.4. The lowest BCUT2D eigenvalue weighted by molar-refractivity contribution is -0.144. The van der Waals surface area contributed by atoms with Gasteiger partial charge in [0.25, 0.3) is 0 Å². The van der Waals surface area contributed by atoms with Gasteiger partial charge in [-0.3, -0.25) is 10.1 Å². The van der Waals surface area contributed by atoms with Crippen LogP contribution in [0.2, 0.25) is 5.02 Å². The maximum absolute atomic E-state index is 13.0. The predicted octanol–water partition coefficient (Wildman–Crippen LogP) is 5.84. The number of benzene rings is 4. The van der Waals surface area contributed by atoms with E-state index in [0.29, 0.717) is 10.8 Å². The smallest absolute Gasteiger partial charge is 0.326 e. The molecule has 1 atom stereocenters. The molecule has 0 bridgehead atoms. The Balaban J connectivity index is 1.83. The molecule has 4 nitrogen and oxygen atoms in total. The molecular weight excluding hydrogens is 446 g/mol. The van der Waals surface area contributed by atoms with Gasteiger partial charge in [0.1, 0.15) is 18.4 Å². The highest BCUT2D eigenvalue weighted by Crippen LogP contribution is 2.37. The molecule has 4 rings (SSSR count). The van der Waals surface area contributed by atoms with E-state index in [1.807, 2.05) is 66.7 Å². The van der Waals surface area contributed by atoms with E-state index < -0.39 is 17.6 Å². The van der Waals surface area contributed by atoms with Crippen molar-refractivity contribution in [1.82, 2.24) is 5.32 Å². The van der Waals surface area contributed by atoms with Crippen LogP contribution in [0.4, 0.5) is 0 Å². The lowest BCUT2D eigenvalue weighted by Crippen LogP contribution is -2.55. The lowest BCUT2D eigenvalue weighted by atomic mass is 9.76. The second-order valence-electron chi connectivity index (χ2n) is 7.81. The van der Waals surface area contributed by atoms with Crippen LogP contribution in [0.1, 0.15) is 16.7 Å². The average Bonchev–Trinajstić information content (AvgIpc) is 2.91. The van der Waals surface area contributed by atoms with Crippen LogP contribution < -0.4 is 10.1 Å². The van der Waals surface area contributed by atoms with Gasteiger partial charge in [0.05, 0.1) is 17.7 Å². The summed E-state index contributed by atoms with van der Waals surface area (Å²) in [6.07, 6.45) is 0.